The van der Waals surface area contributed by atoms with Gasteiger partial charge in [0.25, 0.3) is 0 Å². The van der Waals surface area contributed by atoms with E-state index in [9.17, 15) is 14.4 Å². The molecule has 1 fully saturated rings. The maximum atomic E-state index is 13.6. The average Bonchev–Trinajstić information content (AvgIpc) is 3.40. The Morgan fingerprint density at radius 1 is 1.14 bits per heavy atom. The van der Waals surface area contributed by atoms with Crippen molar-refractivity contribution in [2.24, 2.45) is 0 Å². The van der Waals surface area contributed by atoms with Gasteiger partial charge in [-0.1, -0.05) is 42.5 Å². The molecule has 1 aliphatic rings. The number of carbonyl (C=O) groups is 3. The normalized spacial score (nSPS) is 17.2. The third-order valence-electron chi connectivity index (χ3n) is 6.71. The number of hydrogen-bond donors (Lipinski definition) is 2. The third-order valence-corrected chi connectivity index (χ3v) is 7.35. The maximum Gasteiger partial charge on any atom is 0.328 e. The van der Waals surface area contributed by atoms with E-state index in [-0.39, 0.29) is 30.8 Å². The van der Waals surface area contributed by atoms with Gasteiger partial charge in [0.2, 0.25) is 5.91 Å². The second-order valence-electron chi connectivity index (χ2n) is 9.82. The lowest BCUT2D eigenvalue weighted by Crippen LogP contribution is -2.57. The molecule has 202 valence electrons. The van der Waals surface area contributed by atoms with Crippen LogP contribution >= 0.6 is 11.8 Å². The summed E-state index contributed by atoms with van der Waals surface area (Å²) in [7, 11) is 5.09. The zero-order valence-electron chi connectivity index (χ0n) is 22.4. The number of rotatable bonds is 14. The highest BCUT2D eigenvalue weighted by Crippen LogP contribution is 2.24. The quantitative estimate of drug-likeness (QED) is 0.361. The fourth-order valence-electron chi connectivity index (χ4n) is 5.02. The van der Waals surface area contributed by atoms with E-state index in [4.69, 9.17) is 4.74 Å². The highest BCUT2D eigenvalue weighted by Gasteiger charge is 2.36. The van der Waals surface area contributed by atoms with Crippen molar-refractivity contribution in [2.75, 3.05) is 52.8 Å². The molecule has 9 heteroatoms. The van der Waals surface area contributed by atoms with E-state index in [1.165, 1.54) is 7.11 Å². The van der Waals surface area contributed by atoms with Crippen LogP contribution in [0.3, 0.4) is 0 Å². The number of esters is 1. The molecule has 37 heavy (non-hydrogen) atoms. The van der Waals surface area contributed by atoms with Crippen molar-refractivity contribution < 1.29 is 19.1 Å². The molecule has 8 nitrogen and oxygen atoms in total. The molecular weight excluding hydrogens is 488 g/mol. The van der Waals surface area contributed by atoms with Crippen LogP contribution < -0.4 is 10.6 Å². The minimum atomic E-state index is -0.718. The fraction of sp³-hybridized carbons (Fsp3) is 0.536. The van der Waals surface area contributed by atoms with Gasteiger partial charge in [0.05, 0.1) is 26.2 Å². The third kappa shape index (κ3) is 8.26. The lowest BCUT2D eigenvalue weighted by molar-refractivity contribution is -0.145. The molecule has 0 radical (unpaired) electrons. The molecule has 2 aromatic carbocycles. The zero-order valence-corrected chi connectivity index (χ0v) is 23.2. The topological polar surface area (TPSA) is 91.0 Å². The summed E-state index contributed by atoms with van der Waals surface area (Å²) in [5.41, 5.74) is 1.05. The van der Waals surface area contributed by atoms with Gasteiger partial charge in [-0.05, 0) is 68.2 Å². The first-order valence-corrected chi connectivity index (χ1v) is 14.2. The summed E-state index contributed by atoms with van der Waals surface area (Å²) >= 11 is 1.61. The van der Waals surface area contributed by atoms with Crippen LogP contribution in [0.5, 0.6) is 0 Å². The molecule has 1 amide bonds. The molecule has 0 bridgehead atoms. The van der Waals surface area contributed by atoms with Gasteiger partial charge in [-0.15, -0.1) is 0 Å². The highest BCUT2D eigenvalue weighted by molar-refractivity contribution is 7.98. The molecule has 0 saturated carbocycles. The molecule has 1 aliphatic heterocycles. The second kappa shape index (κ2) is 14.5. The summed E-state index contributed by atoms with van der Waals surface area (Å²) in [5, 5.41) is 8.58. The Hall–Kier alpha value is -2.46. The predicted octanol–water partition coefficient (Wildman–Crippen LogP) is 2.30. The smallest absolute Gasteiger partial charge is 0.328 e. The van der Waals surface area contributed by atoms with Crippen molar-refractivity contribution in [1.29, 1.82) is 0 Å². The van der Waals surface area contributed by atoms with Gasteiger partial charge in [-0.25, -0.2) is 4.79 Å². The van der Waals surface area contributed by atoms with E-state index in [0.717, 1.165) is 41.5 Å². The molecule has 1 heterocycles. The average molecular weight is 529 g/mol. The van der Waals surface area contributed by atoms with E-state index in [1.807, 2.05) is 48.4 Å². The predicted molar refractivity (Wildman–Crippen MR) is 150 cm³/mol. The van der Waals surface area contributed by atoms with E-state index in [2.05, 4.69) is 34.9 Å². The van der Waals surface area contributed by atoms with Crippen LogP contribution in [0.15, 0.2) is 42.5 Å². The second-order valence-corrected chi connectivity index (χ2v) is 10.8. The molecule has 1 saturated heterocycles. The molecule has 2 aromatic rings. The monoisotopic (exact) mass is 528 g/mol. The van der Waals surface area contributed by atoms with E-state index >= 15 is 0 Å². The summed E-state index contributed by atoms with van der Waals surface area (Å²) < 4.78 is 4.92. The number of fused-ring (bicyclic) bond motifs is 1. The van der Waals surface area contributed by atoms with Gasteiger partial charge in [-0.3, -0.25) is 14.5 Å². The van der Waals surface area contributed by atoms with Gasteiger partial charge in [0.15, 0.2) is 5.78 Å². The Morgan fingerprint density at radius 3 is 2.57 bits per heavy atom. The summed E-state index contributed by atoms with van der Waals surface area (Å²) in [6, 6.07) is 13.0. The number of nitrogens with one attached hydrogen (secondary N) is 2. The Labute approximate surface area is 224 Å². The zero-order chi connectivity index (χ0) is 26.8. The number of hydrogen-bond acceptors (Lipinski definition) is 8. The van der Waals surface area contributed by atoms with Crippen molar-refractivity contribution in [2.45, 2.75) is 43.9 Å². The van der Waals surface area contributed by atoms with Crippen LogP contribution in [0, 0.1) is 0 Å². The summed E-state index contributed by atoms with van der Waals surface area (Å²) in [4.78, 5) is 43.1. The summed E-state index contributed by atoms with van der Waals surface area (Å²) in [6.07, 6.45) is 4.30. The van der Waals surface area contributed by atoms with Crippen molar-refractivity contribution >= 4 is 40.2 Å². The summed E-state index contributed by atoms with van der Waals surface area (Å²) in [5.74, 6) is 0.0397. The Balaban J connectivity index is 1.93. The minimum Gasteiger partial charge on any atom is -0.467 e. The number of carbonyl (C=O) groups excluding carboxylic acids is 3. The van der Waals surface area contributed by atoms with Crippen molar-refractivity contribution in [1.82, 2.24) is 20.4 Å². The number of thioether (sulfide) groups is 1. The molecular formula is C28H40N4O4S. The molecule has 0 spiro atoms. The molecule has 3 rings (SSSR count). The number of ketones is 1. The highest BCUT2D eigenvalue weighted by atomic mass is 32.2. The lowest BCUT2D eigenvalue weighted by Gasteiger charge is -2.35. The number of benzene rings is 2. The minimum absolute atomic E-state index is 0.00199. The van der Waals surface area contributed by atoms with Crippen molar-refractivity contribution in [3.8, 4) is 0 Å². The number of methoxy groups -OCH3 is 1. The van der Waals surface area contributed by atoms with Crippen LogP contribution in [-0.2, 0) is 25.7 Å². The van der Waals surface area contributed by atoms with Crippen molar-refractivity contribution in [3.05, 3.63) is 48.0 Å². The SMILES string of the molecule is COC(=O)[C@H](CCSC)NC(=O)CN(Cc1cccc2ccccc12)C(C(=O)CN(C)C)[C@@H]1CCCN1. The van der Waals surface area contributed by atoms with Crippen LogP contribution in [0.2, 0.25) is 0 Å². The Morgan fingerprint density at radius 2 is 1.89 bits per heavy atom. The molecule has 0 aliphatic carbocycles. The molecule has 0 aromatic heterocycles. The first-order chi connectivity index (χ1) is 17.8. The Kier molecular flexibility index (Phi) is 11.4. The summed E-state index contributed by atoms with van der Waals surface area (Å²) in [6.45, 7) is 1.57. The standard InChI is InChI=1S/C28H40N4O4S/c1-31(2)18-25(33)27(23-13-8-15-29-23)32(17-21-11-7-10-20-9-5-6-12-22(20)21)19-26(34)30-24(14-16-37-4)28(35)36-3/h5-7,9-12,23-24,27,29H,8,13-19H2,1-4H3,(H,30,34)/t23-,24-,27?/m0/s1. The molecule has 1 unspecified atom stereocenters. The van der Waals surface area contributed by atoms with Gasteiger partial charge < -0.3 is 20.3 Å². The largest absolute Gasteiger partial charge is 0.467 e. The fourth-order valence-corrected chi connectivity index (χ4v) is 5.49. The van der Waals surface area contributed by atoms with Gasteiger partial charge in [0, 0.05) is 12.6 Å². The number of Topliss-reactive ketones (excluding diaryl/α,β-unsaturated/α-hetero) is 1. The first-order valence-electron chi connectivity index (χ1n) is 12.8. The molecule has 2 N–H and O–H groups in total. The van der Waals surface area contributed by atoms with E-state index < -0.39 is 18.1 Å². The first kappa shape index (κ1) is 29.1. The van der Waals surface area contributed by atoms with E-state index in [1.54, 1.807) is 11.8 Å². The number of ether oxygens (including phenoxy) is 1. The van der Waals surface area contributed by atoms with Crippen LogP contribution in [0.4, 0.5) is 0 Å². The van der Waals surface area contributed by atoms with Crippen LogP contribution in [-0.4, -0.2) is 98.4 Å². The Bertz CT molecular complexity index is 1050. The van der Waals surface area contributed by atoms with Gasteiger partial charge in [0.1, 0.15) is 6.04 Å². The number of nitrogens with zero attached hydrogens (tertiary/aromatic N) is 2. The lowest BCUT2D eigenvalue weighted by atomic mass is 9.97. The van der Waals surface area contributed by atoms with E-state index in [0.29, 0.717) is 13.0 Å². The maximum absolute atomic E-state index is 13.6. The van der Waals surface area contributed by atoms with Crippen LogP contribution in [0.1, 0.15) is 24.8 Å². The van der Waals surface area contributed by atoms with Gasteiger partial charge in [-0.2, -0.15) is 11.8 Å². The van der Waals surface area contributed by atoms with Crippen molar-refractivity contribution in [3.63, 3.8) is 0 Å². The van der Waals surface area contributed by atoms with Gasteiger partial charge >= 0.3 is 5.97 Å². The van der Waals surface area contributed by atoms with Crippen LogP contribution in [0.25, 0.3) is 10.8 Å². The number of amides is 1. The number of likely N-dealkylation sites (N-methyl/N-ethyl adjacent to an activating group) is 1. The molecule has 3 atom stereocenters.